The molecule has 0 saturated heterocycles. The molecular formula is C16H12BrNO2. The predicted molar refractivity (Wildman–Crippen MR) is 83.0 cm³/mol. The quantitative estimate of drug-likeness (QED) is 0.736. The van der Waals surface area contributed by atoms with Gasteiger partial charge in [0.15, 0.2) is 5.76 Å². The molecule has 0 saturated carbocycles. The van der Waals surface area contributed by atoms with Gasteiger partial charge in [-0.3, -0.25) is 4.79 Å². The standard InChI is InChI=1S/C16H12BrNO2/c1-10-2-7-15(20-10)16(19)18-14-6-4-11-8-13(17)5-3-12(11)9-14/h2-9H,1H3,(H,18,19). The zero-order chi connectivity index (χ0) is 14.1. The van der Waals surface area contributed by atoms with Crippen molar-refractivity contribution in [3.05, 3.63) is 64.5 Å². The number of aryl methyl sites for hydroxylation is 1. The minimum atomic E-state index is -0.241. The number of carbonyl (C=O) groups excluding carboxylic acids is 1. The zero-order valence-electron chi connectivity index (χ0n) is 10.8. The van der Waals surface area contributed by atoms with E-state index in [2.05, 4.69) is 21.2 Å². The van der Waals surface area contributed by atoms with Crippen LogP contribution in [-0.4, -0.2) is 5.91 Å². The number of hydrogen-bond acceptors (Lipinski definition) is 2. The Bertz CT molecular complexity index is 792. The van der Waals surface area contributed by atoms with Crippen LogP contribution >= 0.6 is 15.9 Å². The van der Waals surface area contributed by atoms with Crippen LogP contribution in [0.3, 0.4) is 0 Å². The first-order valence-corrected chi connectivity index (χ1v) is 6.98. The molecule has 1 amide bonds. The number of nitrogens with one attached hydrogen (secondary N) is 1. The first kappa shape index (κ1) is 12.9. The fourth-order valence-electron chi connectivity index (χ4n) is 2.04. The molecule has 0 aliphatic carbocycles. The lowest BCUT2D eigenvalue weighted by atomic mass is 10.1. The molecule has 0 aliphatic heterocycles. The second-order valence-corrected chi connectivity index (χ2v) is 5.49. The van der Waals surface area contributed by atoms with Gasteiger partial charge in [-0.15, -0.1) is 0 Å². The van der Waals surface area contributed by atoms with E-state index in [1.807, 2.05) is 43.3 Å². The first-order valence-electron chi connectivity index (χ1n) is 6.19. The van der Waals surface area contributed by atoms with E-state index < -0.39 is 0 Å². The van der Waals surface area contributed by atoms with Gasteiger partial charge < -0.3 is 9.73 Å². The van der Waals surface area contributed by atoms with E-state index in [0.717, 1.165) is 26.7 Å². The number of fused-ring (bicyclic) bond motifs is 1. The maximum atomic E-state index is 12.0. The molecule has 0 unspecified atom stereocenters. The maximum absolute atomic E-state index is 12.0. The van der Waals surface area contributed by atoms with Crippen LogP contribution in [0.2, 0.25) is 0 Å². The molecule has 0 fully saturated rings. The lowest BCUT2D eigenvalue weighted by molar-refractivity contribution is 0.0995. The number of benzene rings is 2. The molecule has 1 aromatic heterocycles. The van der Waals surface area contributed by atoms with Gasteiger partial charge in [-0.25, -0.2) is 0 Å². The van der Waals surface area contributed by atoms with Crippen LogP contribution in [0.1, 0.15) is 16.3 Å². The van der Waals surface area contributed by atoms with Crippen molar-refractivity contribution in [2.75, 3.05) is 5.32 Å². The summed E-state index contributed by atoms with van der Waals surface area (Å²) in [5.41, 5.74) is 0.749. The number of hydrogen-bond donors (Lipinski definition) is 1. The van der Waals surface area contributed by atoms with Gasteiger partial charge in [-0.05, 0) is 54.1 Å². The second kappa shape index (κ2) is 5.13. The van der Waals surface area contributed by atoms with E-state index in [4.69, 9.17) is 4.42 Å². The SMILES string of the molecule is Cc1ccc(C(=O)Nc2ccc3cc(Br)ccc3c2)o1. The number of amides is 1. The Morgan fingerprint density at radius 2 is 1.80 bits per heavy atom. The summed E-state index contributed by atoms with van der Waals surface area (Å²) in [6, 6.07) is 15.3. The van der Waals surface area contributed by atoms with Gasteiger partial charge in [-0.2, -0.15) is 0 Å². The van der Waals surface area contributed by atoms with Crippen molar-refractivity contribution in [3.8, 4) is 0 Å². The molecule has 0 aliphatic rings. The van der Waals surface area contributed by atoms with Crippen molar-refractivity contribution in [2.45, 2.75) is 6.92 Å². The molecule has 0 spiro atoms. The predicted octanol–water partition coefficient (Wildman–Crippen LogP) is 4.76. The van der Waals surface area contributed by atoms with E-state index in [0.29, 0.717) is 5.76 Å². The Morgan fingerprint density at radius 1 is 1.05 bits per heavy atom. The molecule has 0 bridgehead atoms. The van der Waals surface area contributed by atoms with E-state index >= 15 is 0 Å². The van der Waals surface area contributed by atoms with E-state index in [-0.39, 0.29) is 5.91 Å². The fourth-order valence-corrected chi connectivity index (χ4v) is 2.42. The Kier molecular flexibility index (Phi) is 3.32. The first-order chi connectivity index (χ1) is 9.61. The van der Waals surface area contributed by atoms with Crippen molar-refractivity contribution >= 4 is 38.3 Å². The molecule has 4 heteroatoms. The van der Waals surface area contributed by atoms with Crippen LogP contribution in [0.5, 0.6) is 0 Å². The minimum absolute atomic E-state index is 0.241. The fraction of sp³-hybridized carbons (Fsp3) is 0.0625. The smallest absolute Gasteiger partial charge is 0.291 e. The summed E-state index contributed by atoms with van der Waals surface area (Å²) in [5.74, 6) is 0.798. The Morgan fingerprint density at radius 3 is 2.55 bits per heavy atom. The van der Waals surface area contributed by atoms with Crippen molar-refractivity contribution in [2.24, 2.45) is 0 Å². The highest BCUT2D eigenvalue weighted by Gasteiger charge is 2.10. The number of anilines is 1. The number of furan rings is 1. The zero-order valence-corrected chi connectivity index (χ0v) is 12.4. The molecule has 0 atom stereocenters. The van der Waals surface area contributed by atoms with Crippen LogP contribution < -0.4 is 5.32 Å². The Hall–Kier alpha value is -2.07. The van der Waals surface area contributed by atoms with Crippen LogP contribution in [0.4, 0.5) is 5.69 Å². The van der Waals surface area contributed by atoms with Crippen molar-refractivity contribution < 1.29 is 9.21 Å². The number of carbonyl (C=O) groups is 1. The van der Waals surface area contributed by atoms with Crippen LogP contribution in [-0.2, 0) is 0 Å². The van der Waals surface area contributed by atoms with Crippen LogP contribution in [0.15, 0.2) is 57.4 Å². The summed E-state index contributed by atoms with van der Waals surface area (Å²) in [6.45, 7) is 1.81. The molecule has 3 rings (SSSR count). The molecule has 20 heavy (non-hydrogen) atoms. The van der Waals surface area contributed by atoms with Crippen molar-refractivity contribution in [1.29, 1.82) is 0 Å². The van der Waals surface area contributed by atoms with Crippen LogP contribution in [0.25, 0.3) is 10.8 Å². The van der Waals surface area contributed by atoms with Gasteiger partial charge in [0.2, 0.25) is 0 Å². The lowest BCUT2D eigenvalue weighted by Gasteiger charge is -2.05. The molecule has 0 radical (unpaired) electrons. The lowest BCUT2D eigenvalue weighted by Crippen LogP contribution is -2.10. The van der Waals surface area contributed by atoms with Gasteiger partial charge in [0.1, 0.15) is 5.76 Å². The van der Waals surface area contributed by atoms with Gasteiger partial charge in [-0.1, -0.05) is 28.1 Å². The topological polar surface area (TPSA) is 42.2 Å². The Labute approximate surface area is 124 Å². The van der Waals surface area contributed by atoms with Crippen molar-refractivity contribution in [1.82, 2.24) is 0 Å². The van der Waals surface area contributed by atoms with E-state index in [9.17, 15) is 4.79 Å². The third kappa shape index (κ3) is 2.60. The second-order valence-electron chi connectivity index (χ2n) is 4.57. The average molecular weight is 330 g/mol. The van der Waals surface area contributed by atoms with E-state index in [1.165, 1.54) is 0 Å². The highest BCUT2D eigenvalue weighted by Crippen LogP contribution is 2.23. The van der Waals surface area contributed by atoms with Gasteiger partial charge >= 0.3 is 0 Å². The third-order valence-corrected chi connectivity index (χ3v) is 3.52. The summed E-state index contributed by atoms with van der Waals surface area (Å²) >= 11 is 3.44. The highest BCUT2D eigenvalue weighted by atomic mass is 79.9. The summed E-state index contributed by atoms with van der Waals surface area (Å²) < 4.78 is 6.34. The third-order valence-electron chi connectivity index (χ3n) is 3.02. The molecule has 1 N–H and O–H groups in total. The van der Waals surface area contributed by atoms with E-state index in [1.54, 1.807) is 12.1 Å². The van der Waals surface area contributed by atoms with Gasteiger partial charge in [0.25, 0.3) is 5.91 Å². The maximum Gasteiger partial charge on any atom is 0.291 e. The Balaban J connectivity index is 1.87. The summed E-state index contributed by atoms with van der Waals surface area (Å²) in [5, 5.41) is 5.02. The molecule has 3 aromatic rings. The molecular weight excluding hydrogens is 318 g/mol. The highest BCUT2D eigenvalue weighted by molar-refractivity contribution is 9.10. The average Bonchev–Trinajstić information content (AvgIpc) is 2.86. The summed E-state index contributed by atoms with van der Waals surface area (Å²) in [7, 11) is 0. The number of rotatable bonds is 2. The largest absolute Gasteiger partial charge is 0.456 e. The summed E-state index contributed by atoms with van der Waals surface area (Å²) in [4.78, 5) is 12.0. The normalized spacial score (nSPS) is 10.7. The van der Waals surface area contributed by atoms with Gasteiger partial charge in [0.05, 0.1) is 0 Å². The number of halogens is 1. The molecule has 3 nitrogen and oxygen atoms in total. The molecule has 100 valence electrons. The van der Waals surface area contributed by atoms with Crippen molar-refractivity contribution in [3.63, 3.8) is 0 Å². The monoisotopic (exact) mass is 329 g/mol. The van der Waals surface area contributed by atoms with Gasteiger partial charge in [0, 0.05) is 10.2 Å². The molecule has 2 aromatic carbocycles. The molecule has 1 heterocycles. The minimum Gasteiger partial charge on any atom is -0.456 e. The van der Waals surface area contributed by atoms with Crippen LogP contribution in [0, 0.1) is 6.92 Å². The summed E-state index contributed by atoms with van der Waals surface area (Å²) in [6.07, 6.45) is 0.